The Balaban J connectivity index is 2.33. The monoisotopic (exact) mass is 253 g/mol. The van der Waals surface area contributed by atoms with Crippen LogP contribution in [-0.2, 0) is 0 Å². The molecule has 0 saturated heterocycles. The van der Waals surface area contributed by atoms with E-state index in [9.17, 15) is 4.79 Å². The molecule has 0 unspecified atom stereocenters. The largest absolute Gasteiger partial charge is 0.478 e. The Kier molecular flexibility index (Phi) is 3.44. The lowest BCUT2D eigenvalue weighted by molar-refractivity contribution is 0.0697. The summed E-state index contributed by atoms with van der Waals surface area (Å²) in [5.41, 5.74) is 2.37. The van der Waals surface area contributed by atoms with Crippen LogP contribution >= 0.6 is 0 Å². The Morgan fingerprint density at radius 1 is 1.37 bits per heavy atom. The second-order valence-electron chi connectivity index (χ2n) is 4.00. The Bertz CT molecular complexity index is 675. The van der Waals surface area contributed by atoms with Crippen LogP contribution < -0.4 is 5.32 Å². The van der Waals surface area contributed by atoms with Gasteiger partial charge in [0.2, 0.25) is 0 Å². The summed E-state index contributed by atoms with van der Waals surface area (Å²) in [6.45, 7) is 1.89. The standard InChI is InChI=1S/C14H11N3O2/c1-9-2-3-10(8-15)6-12(9)17-13-7-11(14(18)19)4-5-16-13/h2-7H,1H3,(H,16,17)(H,18,19). The minimum absolute atomic E-state index is 0.159. The van der Waals surface area contributed by atoms with Gasteiger partial charge in [-0.25, -0.2) is 9.78 Å². The number of nitrogens with zero attached hydrogens (tertiary/aromatic N) is 2. The van der Waals surface area contributed by atoms with Gasteiger partial charge in [0.15, 0.2) is 0 Å². The van der Waals surface area contributed by atoms with Crippen molar-refractivity contribution in [2.24, 2.45) is 0 Å². The van der Waals surface area contributed by atoms with Crippen molar-refractivity contribution in [1.82, 2.24) is 4.98 Å². The van der Waals surface area contributed by atoms with Crippen molar-refractivity contribution < 1.29 is 9.90 Å². The van der Waals surface area contributed by atoms with E-state index in [0.29, 0.717) is 11.4 Å². The minimum Gasteiger partial charge on any atom is -0.478 e. The van der Waals surface area contributed by atoms with Gasteiger partial charge in [-0.05, 0) is 36.8 Å². The van der Waals surface area contributed by atoms with E-state index in [1.165, 1.54) is 18.3 Å². The number of hydrogen-bond donors (Lipinski definition) is 2. The van der Waals surface area contributed by atoms with E-state index in [4.69, 9.17) is 10.4 Å². The summed E-state index contributed by atoms with van der Waals surface area (Å²) in [6.07, 6.45) is 1.43. The number of rotatable bonds is 3. The molecule has 2 aromatic rings. The number of carboxylic acids is 1. The van der Waals surface area contributed by atoms with Crippen LogP contribution in [0.3, 0.4) is 0 Å². The number of aromatic nitrogens is 1. The first kappa shape index (κ1) is 12.6. The predicted molar refractivity (Wildman–Crippen MR) is 70.4 cm³/mol. The first-order valence-corrected chi connectivity index (χ1v) is 5.57. The number of aryl methyl sites for hydroxylation is 1. The number of carbonyl (C=O) groups is 1. The second-order valence-corrected chi connectivity index (χ2v) is 4.00. The third kappa shape index (κ3) is 2.87. The quantitative estimate of drug-likeness (QED) is 0.878. The van der Waals surface area contributed by atoms with Crippen molar-refractivity contribution in [2.45, 2.75) is 6.92 Å². The van der Waals surface area contributed by atoms with Gasteiger partial charge >= 0.3 is 5.97 Å². The van der Waals surface area contributed by atoms with E-state index in [0.717, 1.165) is 11.3 Å². The van der Waals surface area contributed by atoms with E-state index < -0.39 is 5.97 Å². The molecule has 5 nitrogen and oxygen atoms in total. The van der Waals surface area contributed by atoms with Crippen LogP contribution in [-0.4, -0.2) is 16.1 Å². The molecule has 0 saturated carbocycles. The molecule has 0 aliphatic carbocycles. The fourth-order valence-electron chi connectivity index (χ4n) is 1.60. The summed E-state index contributed by atoms with van der Waals surface area (Å²) in [5, 5.41) is 20.8. The molecule has 0 aliphatic heterocycles. The molecule has 0 amide bonds. The molecule has 0 bridgehead atoms. The van der Waals surface area contributed by atoms with Crippen LogP contribution in [0.25, 0.3) is 0 Å². The number of hydrogen-bond acceptors (Lipinski definition) is 4. The van der Waals surface area contributed by atoms with Crippen molar-refractivity contribution in [1.29, 1.82) is 5.26 Å². The van der Waals surface area contributed by atoms with Crippen molar-refractivity contribution in [3.05, 3.63) is 53.2 Å². The minimum atomic E-state index is -1.01. The average molecular weight is 253 g/mol. The molecule has 1 aromatic carbocycles. The first-order valence-electron chi connectivity index (χ1n) is 5.57. The third-order valence-electron chi connectivity index (χ3n) is 2.64. The topological polar surface area (TPSA) is 86.0 Å². The van der Waals surface area contributed by atoms with Gasteiger partial charge in [0.25, 0.3) is 0 Å². The van der Waals surface area contributed by atoms with Crippen molar-refractivity contribution in [3.8, 4) is 6.07 Å². The lowest BCUT2D eigenvalue weighted by Gasteiger charge is -2.09. The van der Waals surface area contributed by atoms with Crippen LogP contribution in [0.15, 0.2) is 36.5 Å². The molecule has 0 radical (unpaired) electrons. The van der Waals surface area contributed by atoms with Crippen molar-refractivity contribution in [2.75, 3.05) is 5.32 Å². The molecular formula is C14H11N3O2. The van der Waals surface area contributed by atoms with Crippen LogP contribution in [0.1, 0.15) is 21.5 Å². The highest BCUT2D eigenvalue weighted by Crippen LogP contribution is 2.21. The number of pyridine rings is 1. The van der Waals surface area contributed by atoms with Crippen molar-refractivity contribution >= 4 is 17.5 Å². The Labute approximate surface area is 110 Å². The van der Waals surface area contributed by atoms with Crippen LogP contribution in [0.5, 0.6) is 0 Å². The predicted octanol–water partition coefficient (Wildman–Crippen LogP) is 2.70. The number of anilines is 2. The van der Waals surface area contributed by atoms with E-state index in [2.05, 4.69) is 16.4 Å². The molecular weight excluding hydrogens is 242 g/mol. The van der Waals surface area contributed by atoms with Crippen molar-refractivity contribution in [3.63, 3.8) is 0 Å². The fraction of sp³-hybridized carbons (Fsp3) is 0.0714. The summed E-state index contributed by atoms with van der Waals surface area (Å²) in [7, 11) is 0. The zero-order chi connectivity index (χ0) is 13.8. The van der Waals surface area contributed by atoms with Crippen LogP contribution in [0, 0.1) is 18.3 Å². The Morgan fingerprint density at radius 3 is 2.84 bits per heavy atom. The summed E-state index contributed by atoms with van der Waals surface area (Å²) in [4.78, 5) is 14.9. The van der Waals surface area contributed by atoms with Crippen LogP contribution in [0.2, 0.25) is 0 Å². The molecule has 1 aromatic heterocycles. The normalized spacial score (nSPS) is 9.68. The third-order valence-corrected chi connectivity index (χ3v) is 2.64. The summed E-state index contributed by atoms with van der Waals surface area (Å²) in [5.74, 6) is -0.578. The number of nitrogens with one attached hydrogen (secondary N) is 1. The molecule has 0 spiro atoms. The summed E-state index contributed by atoms with van der Waals surface area (Å²) >= 11 is 0. The molecule has 5 heteroatoms. The second kappa shape index (κ2) is 5.19. The lowest BCUT2D eigenvalue weighted by Crippen LogP contribution is -2.00. The van der Waals surface area contributed by atoms with E-state index in [-0.39, 0.29) is 5.56 Å². The van der Waals surface area contributed by atoms with Gasteiger partial charge in [0.05, 0.1) is 17.2 Å². The molecule has 1 heterocycles. The number of carboxylic acid groups (broad SMARTS) is 1. The molecule has 0 fully saturated rings. The highest BCUT2D eigenvalue weighted by molar-refractivity contribution is 5.88. The maximum Gasteiger partial charge on any atom is 0.335 e. The maximum atomic E-state index is 10.9. The lowest BCUT2D eigenvalue weighted by atomic mass is 10.1. The fourth-order valence-corrected chi connectivity index (χ4v) is 1.60. The first-order chi connectivity index (χ1) is 9.10. The smallest absolute Gasteiger partial charge is 0.335 e. The van der Waals surface area contributed by atoms with Gasteiger partial charge in [-0.1, -0.05) is 6.07 Å². The number of aromatic carboxylic acids is 1. The zero-order valence-corrected chi connectivity index (χ0v) is 10.2. The van der Waals surface area contributed by atoms with Gasteiger partial charge in [-0.2, -0.15) is 5.26 Å². The molecule has 2 N–H and O–H groups in total. The molecule has 19 heavy (non-hydrogen) atoms. The van der Waals surface area contributed by atoms with E-state index in [1.807, 2.05) is 13.0 Å². The zero-order valence-electron chi connectivity index (χ0n) is 10.2. The van der Waals surface area contributed by atoms with Crippen LogP contribution in [0.4, 0.5) is 11.5 Å². The van der Waals surface area contributed by atoms with Gasteiger partial charge in [0.1, 0.15) is 5.82 Å². The van der Waals surface area contributed by atoms with E-state index in [1.54, 1.807) is 12.1 Å². The highest BCUT2D eigenvalue weighted by atomic mass is 16.4. The van der Waals surface area contributed by atoms with Gasteiger partial charge in [-0.3, -0.25) is 0 Å². The van der Waals surface area contributed by atoms with Gasteiger partial charge < -0.3 is 10.4 Å². The Morgan fingerprint density at radius 2 is 2.16 bits per heavy atom. The van der Waals surface area contributed by atoms with E-state index >= 15 is 0 Å². The van der Waals surface area contributed by atoms with Gasteiger partial charge in [0, 0.05) is 11.9 Å². The Hall–Kier alpha value is -2.87. The summed E-state index contributed by atoms with van der Waals surface area (Å²) < 4.78 is 0. The molecule has 2 rings (SSSR count). The number of benzene rings is 1. The van der Waals surface area contributed by atoms with Gasteiger partial charge in [-0.15, -0.1) is 0 Å². The highest BCUT2D eigenvalue weighted by Gasteiger charge is 2.06. The average Bonchev–Trinajstić information content (AvgIpc) is 2.41. The molecule has 0 aliphatic rings. The number of nitriles is 1. The molecule has 0 atom stereocenters. The molecule has 94 valence electrons. The maximum absolute atomic E-state index is 10.9. The SMILES string of the molecule is Cc1ccc(C#N)cc1Nc1cc(C(=O)O)ccn1. The summed E-state index contributed by atoms with van der Waals surface area (Å²) in [6, 6.07) is 10.2.